The Balaban J connectivity index is 0.829. The number of carboxylic acid groups (broad SMARTS) is 1. The van der Waals surface area contributed by atoms with Crippen molar-refractivity contribution in [2.24, 2.45) is 20.7 Å². The van der Waals surface area contributed by atoms with E-state index in [1.54, 1.807) is 47.8 Å². The summed E-state index contributed by atoms with van der Waals surface area (Å²) in [5.41, 5.74) is 16.2. The van der Waals surface area contributed by atoms with Gasteiger partial charge in [0.15, 0.2) is 17.8 Å². The topological polar surface area (TPSA) is 301 Å². The van der Waals surface area contributed by atoms with Crippen molar-refractivity contribution in [1.29, 1.82) is 0 Å². The van der Waals surface area contributed by atoms with Crippen LogP contribution in [0.25, 0.3) is 11.1 Å². The van der Waals surface area contributed by atoms with E-state index in [2.05, 4.69) is 62.3 Å². The van der Waals surface area contributed by atoms with Gasteiger partial charge in [-0.25, -0.2) is 10.0 Å². The number of fused-ring (bicyclic) bond motifs is 1. The highest BCUT2D eigenvalue weighted by Crippen LogP contribution is 2.35. The average molecular weight is 915 g/mol. The Labute approximate surface area is 386 Å². The molecule has 0 spiro atoms. The number of amidine groups is 1. The highest BCUT2D eigenvalue weighted by molar-refractivity contribution is 6.04. The van der Waals surface area contributed by atoms with E-state index < -0.39 is 30.6 Å². The number of carbonyl (C=O) groups excluding carboxylic acids is 2. The van der Waals surface area contributed by atoms with E-state index in [0.29, 0.717) is 79.2 Å². The third-order valence-corrected chi connectivity index (χ3v) is 11.0. The number of hydrogen-bond donors (Lipinski definition) is 11. The van der Waals surface area contributed by atoms with Gasteiger partial charge in [0, 0.05) is 69.8 Å². The van der Waals surface area contributed by atoms with Crippen LogP contribution in [0.1, 0.15) is 70.2 Å². The second-order valence-electron chi connectivity index (χ2n) is 15.9. The van der Waals surface area contributed by atoms with Crippen LogP contribution in [0.2, 0.25) is 0 Å². The lowest BCUT2D eigenvalue weighted by atomic mass is 9.94. The summed E-state index contributed by atoms with van der Waals surface area (Å²) in [7, 11) is 0. The van der Waals surface area contributed by atoms with E-state index in [1.165, 1.54) is 6.20 Å². The molecule has 21 nitrogen and oxygen atoms in total. The number of aromatic nitrogens is 2. The summed E-state index contributed by atoms with van der Waals surface area (Å²) in [6.07, 6.45) is 4.40. The van der Waals surface area contributed by atoms with Gasteiger partial charge in [0.1, 0.15) is 11.7 Å². The minimum Gasteiger partial charge on any atom is -0.480 e. The molecule has 0 fully saturated rings. The number of carboxylic acids is 1. The first-order chi connectivity index (χ1) is 32.3. The number of pyridine rings is 2. The number of aliphatic carboxylic acids is 1. The van der Waals surface area contributed by atoms with E-state index in [-0.39, 0.29) is 30.0 Å². The Hall–Kier alpha value is -7.72. The molecular weight excluding hydrogens is 861 g/mol. The van der Waals surface area contributed by atoms with Gasteiger partial charge in [-0.1, -0.05) is 36.4 Å². The molecule has 67 heavy (non-hydrogen) atoms. The largest absolute Gasteiger partial charge is 0.480 e. The number of guanidine groups is 2. The quantitative estimate of drug-likeness (QED) is 0.0372. The van der Waals surface area contributed by atoms with Gasteiger partial charge < -0.3 is 52.1 Å². The molecule has 3 aromatic heterocycles. The van der Waals surface area contributed by atoms with Crippen LogP contribution in [0.5, 0.6) is 0 Å². The maximum Gasteiger partial charge on any atom is 0.323 e. The summed E-state index contributed by atoms with van der Waals surface area (Å²) in [6.45, 7) is 7.15. The van der Waals surface area contributed by atoms with Crippen LogP contribution in [0, 0.1) is 13.8 Å². The standard InChI is InChI=1S/C46H54N14O7/c1-27-31(32-9-5-11-34(28(32)2)55-42(64)36-17-15-30(24-52-36)25-53-37(26-61)43(65)66)8-4-10-33(27)54-41(63)35-16-14-29(23-51-35)22-48-19-20-49-39(62)13-6-18-50-45-56-44(47)60-46(3,58-45)57-40(59-60)38-12-7-21-67-38/h4-5,7-12,14-17,21,23-24,37,42,48,53,55,61,64H,6,13,18-20,22,25-26H2,1-3H3,(H,49,62)(H,54,63)(H,57,59)(H,65,66)(H3,47,50,56,58)/t37-,42?,46?/m0/s1. The van der Waals surface area contributed by atoms with Crippen molar-refractivity contribution in [2.45, 2.75) is 64.8 Å². The lowest BCUT2D eigenvalue weighted by Crippen LogP contribution is -2.65. The van der Waals surface area contributed by atoms with E-state index >= 15 is 0 Å². The number of furan rings is 1. The maximum absolute atomic E-state index is 13.3. The second kappa shape index (κ2) is 21.5. The minimum atomic E-state index is -1.15. The highest BCUT2D eigenvalue weighted by atomic mass is 16.4. The highest BCUT2D eigenvalue weighted by Gasteiger charge is 2.44. The van der Waals surface area contributed by atoms with Crippen LogP contribution in [-0.4, -0.2) is 104 Å². The molecule has 0 saturated carbocycles. The predicted molar refractivity (Wildman–Crippen MR) is 251 cm³/mol. The van der Waals surface area contributed by atoms with Crippen molar-refractivity contribution in [1.82, 2.24) is 41.7 Å². The lowest BCUT2D eigenvalue weighted by molar-refractivity contribution is -0.140. The van der Waals surface area contributed by atoms with Crippen molar-refractivity contribution in [2.75, 3.05) is 36.9 Å². The molecule has 5 heterocycles. The predicted octanol–water partition coefficient (Wildman–Crippen LogP) is 2.44. The van der Waals surface area contributed by atoms with Gasteiger partial charge in [-0.05, 0) is 90.0 Å². The third-order valence-electron chi connectivity index (χ3n) is 11.0. The first-order valence-electron chi connectivity index (χ1n) is 21.6. The molecule has 21 heteroatoms. The van der Waals surface area contributed by atoms with E-state index in [9.17, 15) is 24.6 Å². The zero-order valence-corrected chi connectivity index (χ0v) is 37.2. The number of hydrogen-bond acceptors (Lipinski definition) is 16. The van der Waals surface area contributed by atoms with Gasteiger partial charge in [-0.2, -0.15) is 4.99 Å². The zero-order valence-electron chi connectivity index (χ0n) is 37.2. The SMILES string of the molecule is Cc1c(NC(=O)c2ccc(CNCCNC(=O)CCCN=C3N=C(N)N4NC(c5ccco5)=NC4(C)N3)cn2)cccc1-c1cccc(NC(O)c2ccc(CN[C@@H](CO)C(=O)O)cn2)c1C. The average Bonchev–Trinajstić information content (AvgIpc) is 3.99. The molecule has 2 amide bonds. The number of aliphatic hydroxyl groups is 2. The Kier molecular flexibility index (Phi) is 15.2. The molecule has 2 aliphatic rings. The number of anilines is 2. The molecule has 2 unspecified atom stereocenters. The molecule has 350 valence electrons. The van der Waals surface area contributed by atoms with Crippen molar-refractivity contribution in [3.05, 3.63) is 131 Å². The Bertz CT molecular complexity index is 2640. The fourth-order valence-corrected chi connectivity index (χ4v) is 7.30. The molecule has 7 rings (SSSR count). The van der Waals surface area contributed by atoms with Crippen molar-refractivity contribution in [3.63, 3.8) is 0 Å². The first-order valence-corrected chi connectivity index (χ1v) is 21.6. The van der Waals surface area contributed by atoms with E-state index in [4.69, 9.17) is 15.3 Å². The third kappa shape index (κ3) is 11.8. The summed E-state index contributed by atoms with van der Waals surface area (Å²) >= 11 is 0. The van der Waals surface area contributed by atoms with Gasteiger partial charge >= 0.3 is 5.97 Å². The molecule has 0 bridgehead atoms. The number of hydrazine groups is 1. The molecular formula is C46H54N14O7. The molecule has 3 atom stereocenters. The summed E-state index contributed by atoms with van der Waals surface area (Å²) < 4.78 is 5.43. The Morgan fingerprint density at radius 3 is 2.34 bits per heavy atom. The van der Waals surface area contributed by atoms with Gasteiger partial charge in [0.2, 0.25) is 23.6 Å². The van der Waals surface area contributed by atoms with Gasteiger partial charge in [0.25, 0.3) is 5.91 Å². The fraction of sp³-hybridized carbons (Fsp3) is 0.304. The first kappa shape index (κ1) is 47.2. The Morgan fingerprint density at radius 2 is 1.66 bits per heavy atom. The van der Waals surface area contributed by atoms with Gasteiger partial charge in [-0.15, -0.1) is 0 Å². The second-order valence-corrected chi connectivity index (χ2v) is 15.9. The fourth-order valence-electron chi connectivity index (χ4n) is 7.30. The molecule has 0 radical (unpaired) electrons. The maximum atomic E-state index is 13.3. The van der Waals surface area contributed by atoms with Gasteiger partial charge in [0.05, 0.1) is 18.6 Å². The van der Waals surface area contributed by atoms with Crippen LogP contribution in [0.3, 0.4) is 0 Å². The number of amides is 2. The number of benzene rings is 2. The molecule has 0 saturated heterocycles. The Morgan fingerprint density at radius 1 is 0.925 bits per heavy atom. The van der Waals surface area contributed by atoms with Crippen LogP contribution in [-0.2, 0) is 22.7 Å². The van der Waals surface area contributed by atoms with Crippen LogP contribution in [0.4, 0.5) is 11.4 Å². The number of nitrogens with two attached hydrogens (primary N) is 1. The molecule has 2 aromatic carbocycles. The minimum absolute atomic E-state index is 0.0929. The van der Waals surface area contributed by atoms with Crippen LogP contribution < -0.4 is 43.1 Å². The molecule has 2 aliphatic heterocycles. The van der Waals surface area contributed by atoms with Crippen molar-refractivity contribution >= 4 is 46.9 Å². The number of rotatable bonds is 21. The van der Waals surface area contributed by atoms with E-state index in [1.807, 2.05) is 63.2 Å². The number of nitrogens with zero attached hydrogens (tertiary/aromatic N) is 6. The lowest BCUT2D eigenvalue weighted by Gasteiger charge is -2.36. The normalized spacial score (nSPS) is 16.8. The van der Waals surface area contributed by atoms with Crippen molar-refractivity contribution in [3.8, 4) is 11.1 Å². The zero-order chi connectivity index (χ0) is 47.5. The smallest absolute Gasteiger partial charge is 0.323 e. The van der Waals surface area contributed by atoms with Crippen LogP contribution >= 0.6 is 0 Å². The molecule has 0 aliphatic carbocycles. The summed E-state index contributed by atoms with van der Waals surface area (Å²) in [4.78, 5) is 59.1. The number of aliphatic hydroxyl groups excluding tert-OH is 2. The van der Waals surface area contributed by atoms with Crippen LogP contribution in [0.15, 0.2) is 111 Å². The molecule has 12 N–H and O–H groups in total. The number of aliphatic imine (C=N–C) groups is 3. The summed E-state index contributed by atoms with van der Waals surface area (Å²) in [5, 5.41) is 49.2. The summed E-state index contributed by atoms with van der Waals surface area (Å²) in [5.74, 6) is -0.966. The number of nitrogens with one attached hydrogen (secondary N) is 7. The number of carbonyl (C=O) groups is 3. The van der Waals surface area contributed by atoms with E-state index in [0.717, 1.165) is 27.8 Å². The molecule has 5 aromatic rings. The monoisotopic (exact) mass is 914 g/mol. The van der Waals surface area contributed by atoms with Crippen molar-refractivity contribution < 1.29 is 34.1 Å². The van der Waals surface area contributed by atoms with Gasteiger partial charge in [-0.3, -0.25) is 40.1 Å². The summed E-state index contributed by atoms with van der Waals surface area (Å²) in [6, 6.07) is 20.7.